The van der Waals surface area contributed by atoms with Crippen molar-refractivity contribution in [2.45, 2.75) is 38.9 Å². The molecule has 1 aliphatic rings. The number of nitrogens with zero attached hydrogens (tertiary/aromatic N) is 3. The number of hydrogen-bond acceptors (Lipinski definition) is 3. The maximum Gasteiger partial charge on any atom is 0.269 e. The summed E-state index contributed by atoms with van der Waals surface area (Å²) in [6.45, 7) is 4.57. The number of fused-ring (bicyclic) bond motifs is 1. The molecule has 0 saturated carbocycles. The summed E-state index contributed by atoms with van der Waals surface area (Å²) in [5, 5.41) is 11.8. The van der Waals surface area contributed by atoms with Crippen LogP contribution in [0.1, 0.15) is 41.8 Å². The van der Waals surface area contributed by atoms with Crippen molar-refractivity contribution in [3.8, 4) is 0 Å². The molecule has 1 aromatic heterocycles. The van der Waals surface area contributed by atoms with E-state index in [2.05, 4.69) is 59.0 Å². The fourth-order valence-corrected chi connectivity index (χ4v) is 4.32. The van der Waals surface area contributed by atoms with Crippen LogP contribution >= 0.6 is 11.6 Å². The molecule has 0 aliphatic carbocycles. The lowest BCUT2D eigenvalue weighted by Crippen LogP contribution is -2.29. The molecule has 150 valence electrons. The third-order valence-corrected chi connectivity index (χ3v) is 6.04. The van der Waals surface area contributed by atoms with Crippen molar-refractivity contribution in [2.24, 2.45) is 0 Å². The topological polar surface area (TPSA) is 51.3 Å². The van der Waals surface area contributed by atoms with Gasteiger partial charge in [0.15, 0.2) is 0 Å². The Morgan fingerprint density at radius 3 is 2.66 bits per heavy atom. The highest BCUT2D eigenvalue weighted by atomic mass is 35.5. The summed E-state index contributed by atoms with van der Waals surface area (Å²) in [4.78, 5) is 13.2. The monoisotopic (exact) mass is 409 g/mol. The van der Waals surface area contributed by atoms with Gasteiger partial charge in [0.2, 0.25) is 0 Å². The van der Waals surface area contributed by atoms with Crippen LogP contribution in [0, 0.1) is 10.1 Å². The second-order valence-corrected chi connectivity index (χ2v) is 7.89. The van der Waals surface area contributed by atoms with Crippen LogP contribution in [0.25, 0.3) is 0 Å². The van der Waals surface area contributed by atoms with E-state index in [9.17, 15) is 10.1 Å². The zero-order chi connectivity index (χ0) is 20.4. The molecule has 4 rings (SSSR count). The molecule has 0 saturated heterocycles. The Labute approximate surface area is 175 Å². The predicted molar refractivity (Wildman–Crippen MR) is 115 cm³/mol. The Bertz CT molecular complexity index is 1010. The zero-order valence-corrected chi connectivity index (χ0v) is 17.2. The molecule has 0 spiro atoms. The minimum Gasteiger partial charge on any atom is -0.350 e. The van der Waals surface area contributed by atoms with Crippen LogP contribution in [0.3, 0.4) is 0 Å². The molecule has 5 nitrogen and oxygen atoms in total. The SMILES string of the molecule is CCc1ccc(C2c3cccn3CCCN2Cc2cc([N+](=O)[O-])ccc2Cl)cc1. The first-order valence-electron chi connectivity index (χ1n) is 9.97. The first-order valence-corrected chi connectivity index (χ1v) is 10.4. The summed E-state index contributed by atoms with van der Waals surface area (Å²) in [7, 11) is 0. The third kappa shape index (κ3) is 4.07. The first-order chi connectivity index (χ1) is 14.1. The van der Waals surface area contributed by atoms with Crippen molar-refractivity contribution in [1.29, 1.82) is 0 Å². The molecule has 1 aliphatic heterocycles. The molecule has 0 radical (unpaired) electrons. The van der Waals surface area contributed by atoms with Crippen LogP contribution in [0.4, 0.5) is 5.69 Å². The van der Waals surface area contributed by atoms with Crippen LogP contribution in [-0.4, -0.2) is 20.9 Å². The van der Waals surface area contributed by atoms with E-state index in [4.69, 9.17) is 11.6 Å². The number of aromatic nitrogens is 1. The fraction of sp³-hybridized carbons (Fsp3) is 0.304. The fourth-order valence-electron chi connectivity index (χ4n) is 4.14. The molecule has 0 fully saturated rings. The van der Waals surface area contributed by atoms with Gasteiger partial charge in [-0.05, 0) is 47.7 Å². The van der Waals surface area contributed by atoms with Gasteiger partial charge in [0.25, 0.3) is 5.69 Å². The summed E-state index contributed by atoms with van der Waals surface area (Å²) >= 11 is 6.42. The molecule has 2 heterocycles. The van der Waals surface area contributed by atoms with Crippen molar-refractivity contribution >= 4 is 17.3 Å². The minimum absolute atomic E-state index is 0.0754. The van der Waals surface area contributed by atoms with Crippen LogP contribution in [-0.2, 0) is 19.5 Å². The number of non-ortho nitro benzene ring substituents is 1. The predicted octanol–water partition coefficient (Wildman–Crippen LogP) is 5.61. The molecule has 3 aromatic rings. The Balaban J connectivity index is 1.74. The largest absolute Gasteiger partial charge is 0.350 e. The third-order valence-electron chi connectivity index (χ3n) is 5.67. The second kappa shape index (κ2) is 8.39. The zero-order valence-electron chi connectivity index (χ0n) is 16.4. The maximum absolute atomic E-state index is 11.2. The maximum atomic E-state index is 11.2. The lowest BCUT2D eigenvalue weighted by molar-refractivity contribution is -0.384. The van der Waals surface area contributed by atoms with E-state index in [0.29, 0.717) is 11.6 Å². The van der Waals surface area contributed by atoms with Gasteiger partial charge in [-0.3, -0.25) is 15.0 Å². The van der Waals surface area contributed by atoms with Crippen molar-refractivity contribution in [3.63, 3.8) is 0 Å². The number of nitro groups is 1. The Morgan fingerprint density at radius 1 is 1.14 bits per heavy atom. The quantitative estimate of drug-likeness (QED) is 0.406. The Morgan fingerprint density at radius 2 is 1.93 bits per heavy atom. The average molecular weight is 410 g/mol. The van der Waals surface area contributed by atoms with Gasteiger partial charge < -0.3 is 4.57 Å². The van der Waals surface area contributed by atoms with Gasteiger partial charge in [-0.2, -0.15) is 0 Å². The number of benzene rings is 2. The van der Waals surface area contributed by atoms with E-state index in [-0.39, 0.29) is 16.7 Å². The Kier molecular flexibility index (Phi) is 5.69. The minimum atomic E-state index is -0.367. The van der Waals surface area contributed by atoms with E-state index in [0.717, 1.165) is 31.5 Å². The molecule has 6 heteroatoms. The van der Waals surface area contributed by atoms with Crippen molar-refractivity contribution in [3.05, 3.63) is 98.3 Å². The number of nitro benzene ring substituents is 1. The van der Waals surface area contributed by atoms with Crippen LogP contribution in [0.2, 0.25) is 5.02 Å². The lowest BCUT2D eigenvalue weighted by atomic mass is 9.99. The average Bonchev–Trinajstić information content (AvgIpc) is 3.11. The summed E-state index contributed by atoms with van der Waals surface area (Å²) in [6.07, 6.45) is 4.15. The first kappa shape index (κ1) is 19.7. The summed E-state index contributed by atoms with van der Waals surface area (Å²) in [5.41, 5.74) is 4.65. The summed E-state index contributed by atoms with van der Waals surface area (Å²) in [6, 6.07) is 17.8. The summed E-state index contributed by atoms with van der Waals surface area (Å²) in [5.74, 6) is 0. The molecule has 0 N–H and O–H groups in total. The lowest BCUT2D eigenvalue weighted by Gasteiger charge is -2.31. The number of halogens is 1. The van der Waals surface area contributed by atoms with Gasteiger partial charge in [0, 0.05) is 48.7 Å². The van der Waals surface area contributed by atoms with Gasteiger partial charge in [-0.1, -0.05) is 42.8 Å². The van der Waals surface area contributed by atoms with Crippen molar-refractivity contribution < 1.29 is 4.92 Å². The molecule has 29 heavy (non-hydrogen) atoms. The molecule has 1 atom stereocenters. The second-order valence-electron chi connectivity index (χ2n) is 7.48. The number of hydrogen-bond donors (Lipinski definition) is 0. The molecular formula is C23H24ClN3O2. The van der Waals surface area contributed by atoms with E-state index in [1.165, 1.54) is 22.9 Å². The van der Waals surface area contributed by atoms with E-state index >= 15 is 0 Å². The van der Waals surface area contributed by atoms with Gasteiger partial charge in [-0.25, -0.2) is 0 Å². The standard InChI is InChI=1S/C23H24ClN3O2/c1-2-17-6-8-18(9-7-17)23-22-5-3-12-25(22)13-4-14-26(23)16-19-15-20(27(28)29)10-11-21(19)24/h3,5-12,15,23H,2,4,13-14,16H2,1H3. The Hall–Kier alpha value is -2.63. The normalized spacial score (nSPS) is 17.0. The molecule has 0 bridgehead atoms. The van der Waals surface area contributed by atoms with Gasteiger partial charge in [0.1, 0.15) is 0 Å². The van der Waals surface area contributed by atoms with Crippen molar-refractivity contribution in [2.75, 3.05) is 6.54 Å². The highest BCUT2D eigenvalue weighted by Gasteiger charge is 2.28. The molecule has 2 aromatic carbocycles. The highest BCUT2D eigenvalue weighted by molar-refractivity contribution is 6.31. The van der Waals surface area contributed by atoms with E-state index < -0.39 is 0 Å². The summed E-state index contributed by atoms with van der Waals surface area (Å²) < 4.78 is 2.31. The highest BCUT2D eigenvalue weighted by Crippen LogP contribution is 2.34. The van der Waals surface area contributed by atoms with Crippen LogP contribution in [0.15, 0.2) is 60.8 Å². The van der Waals surface area contributed by atoms with E-state index in [1.807, 2.05) is 0 Å². The molecular weight excluding hydrogens is 386 g/mol. The van der Waals surface area contributed by atoms with Crippen molar-refractivity contribution in [1.82, 2.24) is 9.47 Å². The van der Waals surface area contributed by atoms with Crippen LogP contribution in [0.5, 0.6) is 0 Å². The smallest absolute Gasteiger partial charge is 0.269 e. The number of rotatable bonds is 5. The molecule has 0 amide bonds. The van der Waals surface area contributed by atoms with Crippen LogP contribution < -0.4 is 0 Å². The number of aryl methyl sites for hydroxylation is 2. The van der Waals surface area contributed by atoms with E-state index in [1.54, 1.807) is 12.1 Å². The van der Waals surface area contributed by atoms with Gasteiger partial charge >= 0.3 is 0 Å². The van der Waals surface area contributed by atoms with Gasteiger partial charge in [0.05, 0.1) is 11.0 Å². The molecule has 1 unspecified atom stereocenters. The van der Waals surface area contributed by atoms with Gasteiger partial charge in [-0.15, -0.1) is 0 Å².